The van der Waals surface area contributed by atoms with Crippen LogP contribution in [0.4, 0.5) is 0 Å². The van der Waals surface area contributed by atoms with Gasteiger partial charge in [-0.25, -0.2) is 0 Å². The molecule has 0 heterocycles. The molecular formula is C13H15Cl2NO4. The van der Waals surface area contributed by atoms with Crippen molar-refractivity contribution in [2.45, 2.75) is 12.8 Å². The number of benzene rings is 1. The van der Waals surface area contributed by atoms with Crippen molar-refractivity contribution >= 4 is 35.1 Å². The van der Waals surface area contributed by atoms with Gasteiger partial charge in [-0.3, -0.25) is 9.59 Å². The zero-order valence-corrected chi connectivity index (χ0v) is 12.5. The number of carbonyl (C=O) groups excluding carboxylic acids is 2. The first-order valence-electron chi connectivity index (χ1n) is 5.94. The summed E-state index contributed by atoms with van der Waals surface area (Å²) in [6.45, 7) is 0.207. The number of esters is 1. The van der Waals surface area contributed by atoms with Crippen molar-refractivity contribution in [3.05, 3.63) is 28.2 Å². The summed E-state index contributed by atoms with van der Waals surface area (Å²) in [7, 11) is 1.32. The first-order valence-corrected chi connectivity index (χ1v) is 6.70. The lowest BCUT2D eigenvalue weighted by atomic mass is 10.3. The van der Waals surface area contributed by atoms with Crippen molar-refractivity contribution < 1.29 is 19.1 Å². The molecule has 0 aromatic heterocycles. The van der Waals surface area contributed by atoms with Crippen LogP contribution in [0.15, 0.2) is 18.2 Å². The molecule has 0 bridgehead atoms. The molecule has 0 radical (unpaired) electrons. The van der Waals surface area contributed by atoms with Gasteiger partial charge in [-0.1, -0.05) is 23.2 Å². The Morgan fingerprint density at radius 2 is 2.05 bits per heavy atom. The fraction of sp³-hybridized carbons (Fsp3) is 0.385. The Morgan fingerprint density at radius 1 is 1.30 bits per heavy atom. The second kappa shape index (κ2) is 8.66. The SMILES string of the molecule is COC(=O)CCCNC(=O)COc1cc(Cl)ccc1Cl. The Balaban J connectivity index is 2.26. The van der Waals surface area contributed by atoms with Crippen molar-refractivity contribution in [1.29, 1.82) is 0 Å². The molecule has 7 heteroatoms. The number of hydrogen-bond donors (Lipinski definition) is 1. The molecule has 1 aromatic rings. The first-order chi connectivity index (χ1) is 9.52. The lowest BCUT2D eigenvalue weighted by Gasteiger charge is -2.08. The number of rotatable bonds is 7. The zero-order valence-electron chi connectivity index (χ0n) is 10.9. The van der Waals surface area contributed by atoms with Gasteiger partial charge in [-0.05, 0) is 18.6 Å². The molecule has 20 heavy (non-hydrogen) atoms. The average molecular weight is 320 g/mol. The number of halogens is 2. The van der Waals surface area contributed by atoms with Gasteiger partial charge in [-0.15, -0.1) is 0 Å². The number of carbonyl (C=O) groups is 2. The van der Waals surface area contributed by atoms with Gasteiger partial charge in [0, 0.05) is 24.1 Å². The Hall–Kier alpha value is -1.46. The summed E-state index contributed by atoms with van der Waals surface area (Å²) in [5.74, 6) is -0.254. The second-order valence-electron chi connectivity index (χ2n) is 3.89. The molecule has 110 valence electrons. The van der Waals surface area contributed by atoms with E-state index in [4.69, 9.17) is 27.9 Å². The largest absolute Gasteiger partial charge is 0.482 e. The first kappa shape index (κ1) is 16.6. The fourth-order valence-electron chi connectivity index (χ4n) is 1.34. The summed E-state index contributed by atoms with van der Waals surface area (Å²) in [5, 5.41) is 3.48. The van der Waals surface area contributed by atoms with E-state index in [0.29, 0.717) is 28.8 Å². The van der Waals surface area contributed by atoms with Gasteiger partial charge in [0.15, 0.2) is 6.61 Å². The molecule has 1 rings (SSSR count). The predicted molar refractivity (Wildman–Crippen MR) is 76.2 cm³/mol. The van der Waals surface area contributed by atoms with Crippen LogP contribution in [-0.2, 0) is 14.3 Å². The Kier molecular flexibility index (Phi) is 7.18. The molecule has 0 atom stereocenters. The molecule has 0 aliphatic heterocycles. The van der Waals surface area contributed by atoms with E-state index >= 15 is 0 Å². The Labute approximate surface area is 127 Å². The minimum Gasteiger partial charge on any atom is -0.482 e. The van der Waals surface area contributed by atoms with Crippen LogP contribution >= 0.6 is 23.2 Å². The summed E-state index contributed by atoms with van der Waals surface area (Å²) < 4.78 is 9.74. The number of hydrogen-bond acceptors (Lipinski definition) is 4. The zero-order chi connectivity index (χ0) is 15.0. The molecule has 0 fully saturated rings. The lowest BCUT2D eigenvalue weighted by molar-refractivity contribution is -0.140. The third-order valence-electron chi connectivity index (χ3n) is 2.36. The predicted octanol–water partition coefficient (Wildman–Crippen LogP) is 2.44. The van der Waals surface area contributed by atoms with Crippen molar-refractivity contribution in [2.75, 3.05) is 20.3 Å². The van der Waals surface area contributed by atoms with Crippen LogP contribution < -0.4 is 10.1 Å². The third kappa shape index (κ3) is 6.12. The van der Waals surface area contributed by atoms with E-state index in [9.17, 15) is 9.59 Å². The lowest BCUT2D eigenvalue weighted by Crippen LogP contribution is -2.30. The monoisotopic (exact) mass is 319 g/mol. The van der Waals surface area contributed by atoms with E-state index in [-0.39, 0.29) is 24.9 Å². The van der Waals surface area contributed by atoms with E-state index < -0.39 is 0 Å². The Bertz CT molecular complexity index is 479. The highest BCUT2D eigenvalue weighted by Crippen LogP contribution is 2.27. The van der Waals surface area contributed by atoms with Crippen LogP contribution in [0.1, 0.15) is 12.8 Å². The maximum Gasteiger partial charge on any atom is 0.305 e. The van der Waals surface area contributed by atoms with E-state index in [1.807, 2.05) is 0 Å². The van der Waals surface area contributed by atoms with Gasteiger partial charge in [0.1, 0.15) is 5.75 Å². The van der Waals surface area contributed by atoms with E-state index in [0.717, 1.165) is 0 Å². The van der Waals surface area contributed by atoms with Crippen LogP contribution in [0.2, 0.25) is 10.0 Å². The molecule has 0 saturated heterocycles. The molecule has 0 unspecified atom stereocenters. The van der Waals surface area contributed by atoms with Crippen LogP contribution in [-0.4, -0.2) is 32.1 Å². The number of amides is 1. The Morgan fingerprint density at radius 3 is 2.75 bits per heavy atom. The van der Waals surface area contributed by atoms with Gasteiger partial charge in [0.05, 0.1) is 12.1 Å². The average Bonchev–Trinajstić information content (AvgIpc) is 2.44. The summed E-state index contributed by atoms with van der Waals surface area (Å²) in [4.78, 5) is 22.3. The van der Waals surface area contributed by atoms with Gasteiger partial charge in [-0.2, -0.15) is 0 Å². The van der Waals surface area contributed by atoms with Gasteiger partial charge in [0.25, 0.3) is 5.91 Å². The van der Waals surface area contributed by atoms with E-state index in [1.54, 1.807) is 12.1 Å². The highest BCUT2D eigenvalue weighted by atomic mass is 35.5. The minimum atomic E-state index is -0.304. The maximum absolute atomic E-state index is 11.5. The summed E-state index contributed by atoms with van der Waals surface area (Å²) in [5.41, 5.74) is 0. The summed E-state index contributed by atoms with van der Waals surface area (Å²) in [6, 6.07) is 4.76. The van der Waals surface area contributed by atoms with Crippen molar-refractivity contribution in [2.24, 2.45) is 0 Å². The number of nitrogens with one attached hydrogen (secondary N) is 1. The van der Waals surface area contributed by atoms with E-state index in [1.165, 1.54) is 13.2 Å². The molecular weight excluding hydrogens is 305 g/mol. The molecule has 0 saturated carbocycles. The molecule has 5 nitrogen and oxygen atoms in total. The maximum atomic E-state index is 11.5. The van der Waals surface area contributed by atoms with Crippen molar-refractivity contribution in [3.8, 4) is 5.75 Å². The van der Waals surface area contributed by atoms with Crippen LogP contribution in [0, 0.1) is 0 Å². The summed E-state index contributed by atoms with van der Waals surface area (Å²) in [6.07, 6.45) is 0.772. The quantitative estimate of drug-likeness (QED) is 0.619. The fourth-order valence-corrected chi connectivity index (χ4v) is 1.68. The molecule has 1 aromatic carbocycles. The summed E-state index contributed by atoms with van der Waals surface area (Å²) >= 11 is 11.7. The molecule has 1 N–H and O–H groups in total. The minimum absolute atomic E-state index is 0.168. The topological polar surface area (TPSA) is 64.6 Å². The van der Waals surface area contributed by atoms with Crippen molar-refractivity contribution in [3.63, 3.8) is 0 Å². The van der Waals surface area contributed by atoms with Gasteiger partial charge < -0.3 is 14.8 Å². The molecule has 0 aliphatic rings. The molecule has 0 spiro atoms. The highest BCUT2D eigenvalue weighted by Gasteiger charge is 2.07. The number of ether oxygens (including phenoxy) is 2. The molecule has 0 aliphatic carbocycles. The van der Waals surface area contributed by atoms with Crippen LogP contribution in [0.3, 0.4) is 0 Å². The van der Waals surface area contributed by atoms with Gasteiger partial charge >= 0.3 is 5.97 Å². The standard InChI is InChI=1S/C13H15Cl2NO4/c1-19-13(18)3-2-6-16-12(17)8-20-11-7-9(14)4-5-10(11)15/h4-5,7H,2-3,6,8H2,1H3,(H,16,17). The van der Waals surface area contributed by atoms with Crippen LogP contribution in [0.5, 0.6) is 5.75 Å². The van der Waals surface area contributed by atoms with Gasteiger partial charge in [0.2, 0.25) is 0 Å². The van der Waals surface area contributed by atoms with Crippen LogP contribution in [0.25, 0.3) is 0 Å². The third-order valence-corrected chi connectivity index (χ3v) is 2.91. The number of methoxy groups -OCH3 is 1. The normalized spacial score (nSPS) is 9.95. The smallest absolute Gasteiger partial charge is 0.305 e. The highest BCUT2D eigenvalue weighted by molar-refractivity contribution is 6.34. The second-order valence-corrected chi connectivity index (χ2v) is 4.74. The molecule has 1 amide bonds. The van der Waals surface area contributed by atoms with E-state index in [2.05, 4.69) is 10.1 Å². The van der Waals surface area contributed by atoms with Crippen molar-refractivity contribution in [1.82, 2.24) is 5.32 Å².